The van der Waals surface area contributed by atoms with E-state index in [9.17, 15) is 0 Å². The third-order valence-corrected chi connectivity index (χ3v) is 3.77. The van der Waals surface area contributed by atoms with E-state index in [1.807, 2.05) is 18.3 Å². The van der Waals surface area contributed by atoms with E-state index in [1.54, 1.807) is 0 Å². The molecule has 5 heteroatoms. The fraction of sp³-hybridized carbons (Fsp3) is 0.615. The van der Waals surface area contributed by atoms with Gasteiger partial charge in [-0.1, -0.05) is 15.9 Å². The van der Waals surface area contributed by atoms with Crippen LogP contribution in [-0.2, 0) is 0 Å². The van der Waals surface area contributed by atoms with Crippen molar-refractivity contribution in [1.29, 1.82) is 0 Å². The van der Waals surface area contributed by atoms with Crippen molar-refractivity contribution in [2.75, 3.05) is 51.6 Å². The first kappa shape index (κ1) is 13.8. The first-order chi connectivity index (χ1) is 8.74. The summed E-state index contributed by atoms with van der Waals surface area (Å²) in [6.45, 7) is 6.95. The fourth-order valence-corrected chi connectivity index (χ4v) is 2.43. The molecule has 1 fully saturated rings. The Balaban J connectivity index is 1.61. The number of pyridine rings is 1. The summed E-state index contributed by atoms with van der Waals surface area (Å²) in [6.07, 6.45) is 2.98. The highest BCUT2D eigenvalue weighted by Crippen LogP contribution is 2.12. The molecule has 0 unspecified atom stereocenters. The lowest BCUT2D eigenvalue weighted by atomic mass is 10.3. The van der Waals surface area contributed by atoms with Crippen molar-refractivity contribution >= 4 is 21.7 Å². The van der Waals surface area contributed by atoms with Gasteiger partial charge in [-0.15, -0.1) is 0 Å². The Morgan fingerprint density at radius 3 is 2.83 bits per heavy atom. The number of nitrogens with one attached hydrogen (secondary N) is 1. The minimum absolute atomic E-state index is 0.947. The molecular weight excluding hydrogens is 292 g/mol. The van der Waals surface area contributed by atoms with Crippen molar-refractivity contribution in [3.63, 3.8) is 0 Å². The van der Waals surface area contributed by atoms with Gasteiger partial charge in [-0.3, -0.25) is 0 Å². The van der Waals surface area contributed by atoms with Gasteiger partial charge in [0.25, 0.3) is 0 Å². The summed E-state index contributed by atoms with van der Waals surface area (Å²) >= 11 is 3.45. The molecule has 1 aromatic rings. The number of aromatic nitrogens is 1. The van der Waals surface area contributed by atoms with E-state index in [0.29, 0.717) is 0 Å². The van der Waals surface area contributed by atoms with Crippen LogP contribution in [0.2, 0.25) is 0 Å². The summed E-state index contributed by atoms with van der Waals surface area (Å²) in [6, 6.07) is 3.95. The summed E-state index contributed by atoms with van der Waals surface area (Å²) in [5, 5.41) is 3.36. The topological polar surface area (TPSA) is 31.4 Å². The molecular formula is C13H21BrN4. The van der Waals surface area contributed by atoms with Crippen LogP contribution in [0.4, 0.5) is 5.82 Å². The van der Waals surface area contributed by atoms with Gasteiger partial charge in [0.05, 0.1) is 0 Å². The number of rotatable bonds is 5. The Labute approximate surface area is 118 Å². The van der Waals surface area contributed by atoms with Gasteiger partial charge in [-0.2, -0.15) is 0 Å². The van der Waals surface area contributed by atoms with Gasteiger partial charge in [0, 0.05) is 43.4 Å². The highest BCUT2D eigenvalue weighted by Gasteiger charge is 2.12. The SMILES string of the molecule is CN1CCN(CCCNc2cc(Br)ccn2)CC1. The lowest BCUT2D eigenvalue weighted by Gasteiger charge is -2.32. The van der Waals surface area contributed by atoms with Crippen molar-refractivity contribution in [2.24, 2.45) is 0 Å². The molecule has 2 heterocycles. The minimum atomic E-state index is 0.947. The molecule has 0 amide bonds. The van der Waals surface area contributed by atoms with Crippen LogP contribution in [0.5, 0.6) is 0 Å². The average Bonchev–Trinajstić information content (AvgIpc) is 2.37. The zero-order valence-electron chi connectivity index (χ0n) is 10.9. The molecule has 0 bridgehead atoms. The zero-order chi connectivity index (χ0) is 12.8. The maximum absolute atomic E-state index is 4.27. The maximum Gasteiger partial charge on any atom is 0.127 e. The molecule has 1 aliphatic rings. The van der Waals surface area contributed by atoms with Crippen molar-refractivity contribution in [3.8, 4) is 0 Å². The Bertz CT molecular complexity index is 364. The summed E-state index contributed by atoms with van der Waals surface area (Å²) in [5.74, 6) is 0.947. The monoisotopic (exact) mass is 312 g/mol. The third kappa shape index (κ3) is 4.55. The molecule has 18 heavy (non-hydrogen) atoms. The Hall–Kier alpha value is -0.650. The van der Waals surface area contributed by atoms with Gasteiger partial charge >= 0.3 is 0 Å². The quantitative estimate of drug-likeness (QED) is 0.841. The molecule has 0 saturated carbocycles. The van der Waals surface area contributed by atoms with Gasteiger partial charge in [-0.05, 0) is 32.1 Å². The van der Waals surface area contributed by atoms with Crippen LogP contribution >= 0.6 is 15.9 Å². The van der Waals surface area contributed by atoms with E-state index < -0.39 is 0 Å². The number of piperazine rings is 1. The molecule has 0 aromatic carbocycles. The van der Waals surface area contributed by atoms with Crippen LogP contribution in [0, 0.1) is 0 Å². The van der Waals surface area contributed by atoms with E-state index in [-0.39, 0.29) is 0 Å². The van der Waals surface area contributed by atoms with Crippen LogP contribution in [-0.4, -0.2) is 61.1 Å². The molecule has 0 spiro atoms. The van der Waals surface area contributed by atoms with Crippen LogP contribution in [0.3, 0.4) is 0 Å². The van der Waals surface area contributed by atoms with Crippen LogP contribution in [0.25, 0.3) is 0 Å². The largest absolute Gasteiger partial charge is 0.370 e. The molecule has 2 rings (SSSR count). The lowest BCUT2D eigenvalue weighted by molar-refractivity contribution is 0.154. The predicted molar refractivity (Wildman–Crippen MR) is 79.0 cm³/mol. The van der Waals surface area contributed by atoms with E-state index in [0.717, 1.165) is 23.3 Å². The normalized spacial score (nSPS) is 17.9. The second-order valence-electron chi connectivity index (χ2n) is 4.78. The molecule has 1 aliphatic heterocycles. The smallest absolute Gasteiger partial charge is 0.127 e. The van der Waals surface area contributed by atoms with Gasteiger partial charge in [0.15, 0.2) is 0 Å². The van der Waals surface area contributed by atoms with Gasteiger partial charge in [-0.25, -0.2) is 4.98 Å². The van der Waals surface area contributed by atoms with Crippen molar-refractivity contribution in [2.45, 2.75) is 6.42 Å². The molecule has 0 radical (unpaired) electrons. The zero-order valence-corrected chi connectivity index (χ0v) is 12.5. The summed E-state index contributed by atoms with van der Waals surface area (Å²) in [7, 11) is 2.19. The van der Waals surface area contributed by atoms with Crippen LogP contribution < -0.4 is 5.32 Å². The Kier molecular flexibility index (Phi) is 5.41. The lowest BCUT2D eigenvalue weighted by Crippen LogP contribution is -2.44. The molecule has 100 valence electrons. The van der Waals surface area contributed by atoms with E-state index in [2.05, 4.69) is 43.1 Å². The first-order valence-electron chi connectivity index (χ1n) is 6.50. The second-order valence-corrected chi connectivity index (χ2v) is 5.70. The highest BCUT2D eigenvalue weighted by molar-refractivity contribution is 9.10. The van der Waals surface area contributed by atoms with Crippen LogP contribution in [0.15, 0.2) is 22.8 Å². The predicted octanol–water partition coefficient (Wildman–Crippen LogP) is 1.89. The van der Waals surface area contributed by atoms with E-state index >= 15 is 0 Å². The number of likely N-dealkylation sites (N-methyl/N-ethyl adjacent to an activating group) is 1. The van der Waals surface area contributed by atoms with Crippen molar-refractivity contribution < 1.29 is 0 Å². The van der Waals surface area contributed by atoms with Crippen LogP contribution in [0.1, 0.15) is 6.42 Å². The number of hydrogen-bond acceptors (Lipinski definition) is 4. The summed E-state index contributed by atoms with van der Waals surface area (Å²) in [5.41, 5.74) is 0. The molecule has 1 aromatic heterocycles. The maximum atomic E-state index is 4.27. The Morgan fingerprint density at radius 2 is 2.11 bits per heavy atom. The molecule has 1 N–H and O–H groups in total. The van der Waals surface area contributed by atoms with Gasteiger partial charge < -0.3 is 15.1 Å². The minimum Gasteiger partial charge on any atom is -0.370 e. The second kappa shape index (κ2) is 7.07. The number of hydrogen-bond donors (Lipinski definition) is 1. The molecule has 0 atom stereocenters. The number of anilines is 1. The first-order valence-corrected chi connectivity index (χ1v) is 7.30. The van der Waals surface area contributed by atoms with Crippen molar-refractivity contribution in [3.05, 3.63) is 22.8 Å². The number of nitrogens with zero attached hydrogens (tertiary/aromatic N) is 3. The van der Waals surface area contributed by atoms with E-state index in [4.69, 9.17) is 0 Å². The molecule has 0 aliphatic carbocycles. The molecule has 4 nitrogen and oxygen atoms in total. The summed E-state index contributed by atoms with van der Waals surface area (Å²) < 4.78 is 1.07. The summed E-state index contributed by atoms with van der Waals surface area (Å²) in [4.78, 5) is 9.20. The fourth-order valence-electron chi connectivity index (χ4n) is 2.09. The average molecular weight is 313 g/mol. The molecule has 1 saturated heterocycles. The Morgan fingerprint density at radius 1 is 1.33 bits per heavy atom. The van der Waals surface area contributed by atoms with E-state index in [1.165, 1.54) is 32.7 Å². The highest BCUT2D eigenvalue weighted by atomic mass is 79.9. The standard InChI is InChI=1S/C13H21BrN4/c1-17-7-9-18(10-8-17)6-2-4-15-13-11-12(14)3-5-16-13/h3,5,11H,2,4,6-10H2,1H3,(H,15,16). The van der Waals surface area contributed by atoms with Gasteiger partial charge in [0.2, 0.25) is 0 Å². The third-order valence-electron chi connectivity index (χ3n) is 3.28. The van der Waals surface area contributed by atoms with Crippen molar-refractivity contribution in [1.82, 2.24) is 14.8 Å². The number of halogens is 1. The van der Waals surface area contributed by atoms with Gasteiger partial charge in [0.1, 0.15) is 5.82 Å².